The van der Waals surface area contributed by atoms with Crippen molar-refractivity contribution in [3.05, 3.63) is 78.8 Å². The topological polar surface area (TPSA) is 83.8 Å². The molecule has 1 aliphatic rings. The van der Waals surface area contributed by atoms with E-state index in [4.69, 9.17) is 9.15 Å². The second-order valence-electron chi connectivity index (χ2n) is 7.41. The SMILES string of the molecule is O=C(CN1CCC[C@@H]1C(=O)NCc1ccco1)Nc1ccc(Oc2ccccc2)cc1. The Morgan fingerprint density at radius 2 is 1.77 bits per heavy atom. The molecule has 1 aromatic heterocycles. The summed E-state index contributed by atoms with van der Waals surface area (Å²) in [5.74, 6) is 1.92. The van der Waals surface area contributed by atoms with Crippen LogP contribution in [0.15, 0.2) is 77.4 Å². The predicted octanol–water partition coefficient (Wildman–Crippen LogP) is 3.79. The molecule has 0 bridgehead atoms. The molecule has 2 N–H and O–H groups in total. The first-order chi connectivity index (χ1) is 15.2. The summed E-state index contributed by atoms with van der Waals surface area (Å²) in [6.45, 7) is 1.23. The lowest BCUT2D eigenvalue weighted by Crippen LogP contribution is -2.45. The van der Waals surface area contributed by atoms with E-state index < -0.39 is 0 Å². The van der Waals surface area contributed by atoms with Gasteiger partial charge >= 0.3 is 0 Å². The van der Waals surface area contributed by atoms with E-state index in [1.54, 1.807) is 24.5 Å². The Hall–Kier alpha value is -3.58. The van der Waals surface area contributed by atoms with E-state index in [-0.39, 0.29) is 24.4 Å². The van der Waals surface area contributed by atoms with Crippen LogP contribution in [0, 0.1) is 0 Å². The third-order valence-electron chi connectivity index (χ3n) is 5.15. The minimum absolute atomic E-state index is 0.0795. The van der Waals surface area contributed by atoms with Crippen molar-refractivity contribution in [1.29, 1.82) is 0 Å². The van der Waals surface area contributed by atoms with Crippen molar-refractivity contribution < 1.29 is 18.7 Å². The van der Waals surface area contributed by atoms with Crippen LogP contribution in [-0.4, -0.2) is 35.8 Å². The number of amides is 2. The van der Waals surface area contributed by atoms with Crippen LogP contribution in [0.2, 0.25) is 0 Å². The molecule has 0 unspecified atom stereocenters. The highest BCUT2D eigenvalue weighted by Gasteiger charge is 2.31. The summed E-state index contributed by atoms with van der Waals surface area (Å²) in [6, 6.07) is 20.0. The summed E-state index contributed by atoms with van der Waals surface area (Å²) < 4.78 is 11.0. The normalized spacial score (nSPS) is 16.1. The molecule has 160 valence electrons. The smallest absolute Gasteiger partial charge is 0.238 e. The highest BCUT2D eigenvalue weighted by Crippen LogP contribution is 2.23. The molecule has 1 fully saturated rings. The molecule has 3 aromatic rings. The molecular weight excluding hydrogens is 394 g/mol. The van der Waals surface area contributed by atoms with Crippen LogP contribution >= 0.6 is 0 Å². The number of rotatable bonds is 8. The van der Waals surface area contributed by atoms with E-state index in [0.717, 1.165) is 25.1 Å². The number of benzene rings is 2. The Labute approximate surface area is 181 Å². The van der Waals surface area contributed by atoms with Crippen LogP contribution in [0.5, 0.6) is 11.5 Å². The number of anilines is 1. The van der Waals surface area contributed by atoms with Gasteiger partial charge in [0.05, 0.1) is 25.4 Å². The molecule has 0 aliphatic carbocycles. The van der Waals surface area contributed by atoms with Crippen molar-refractivity contribution >= 4 is 17.5 Å². The molecule has 0 radical (unpaired) electrons. The highest BCUT2D eigenvalue weighted by atomic mass is 16.5. The molecular formula is C24H25N3O4. The monoisotopic (exact) mass is 419 g/mol. The van der Waals surface area contributed by atoms with Crippen molar-refractivity contribution in [3.8, 4) is 11.5 Å². The molecule has 1 saturated heterocycles. The number of hydrogen-bond donors (Lipinski definition) is 2. The Kier molecular flexibility index (Phi) is 6.64. The molecule has 0 spiro atoms. The fraction of sp³-hybridized carbons (Fsp3) is 0.250. The molecule has 1 aliphatic heterocycles. The van der Waals surface area contributed by atoms with E-state index >= 15 is 0 Å². The fourth-order valence-corrected chi connectivity index (χ4v) is 3.63. The van der Waals surface area contributed by atoms with Gasteiger partial charge in [-0.25, -0.2) is 0 Å². The van der Waals surface area contributed by atoms with Crippen LogP contribution in [0.25, 0.3) is 0 Å². The molecule has 31 heavy (non-hydrogen) atoms. The quantitative estimate of drug-likeness (QED) is 0.580. The molecule has 2 heterocycles. The Morgan fingerprint density at radius 3 is 2.52 bits per heavy atom. The first-order valence-electron chi connectivity index (χ1n) is 10.3. The zero-order chi connectivity index (χ0) is 21.5. The third-order valence-corrected chi connectivity index (χ3v) is 5.15. The minimum Gasteiger partial charge on any atom is -0.467 e. The lowest BCUT2D eigenvalue weighted by atomic mass is 10.2. The Balaban J connectivity index is 1.27. The van der Waals surface area contributed by atoms with Crippen LogP contribution in [0.4, 0.5) is 5.69 Å². The zero-order valence-corrected chi connectivity index (χ0v) is 17.1. The van der Waals surface area contributed by atoms with Gasteiger partial charge in [0.15, 0.2) is 0 Å². The summed E-state index contributed by atoms with van der Waals surface area (Å²) >= 11 is 0. The van der Waals surface area contributed by atoms with Crippen LogP contribution < -0.4 is 15.4 Å². The first kappa shape index (κ1) is 20.7. The maximum atomic E-state index is 12.5. The van der Waals surface area contributed by atoms with Crippen molar-refractivity contribution in [2.24, 2.45) is 0 Å². The number of carbonyl (C=O) groups is 2. The van der Waals surface area contributed by atoms with Gasteiger partial charge in [0.25, 0.3) is 0 Å². The van der Waals surface area contributed by atoms with Gasteiger partial charge in [-0.1, -0.05) is 18.2 Å². The maximum absolute atomic E-state index is 12.5. The van der Waals surface area contributed by atoms with Crippen molar-refractivity contribution in [3.63, 3.8) is 0 Å². The summed E-state index contributed by atoms with van der Waals surface area (Å²) in [5.41, 5.74) is 0.684. The second-order valence-corrected chi connectivity index (χ2v) is 7.41. The fourth-order valence-electron chi connectivity index (χ4n) is 3.63. The maximum Gasteiger partial charge on any atom is 0.238 e. The second kappa shape index (κ2) is 9.95. The first-order valence-corrected chi connectivity index (χ1v) is 10.3. The van der Waals surface area contributed by atoms with E-state index in [1.165, 1.54) is 0 Å². The molecule has 1 atom stereocenters. The number of ether oxygens (including phenoxy) is 1. The van der Waals surface area contributed by atoms with Crippen molar-refractivity contribution in [2.75, 3.05) is 18.4 Å². The lowest BCUT2D eigenvalue weighted by Gasteiger charge is -2.23. The van der Waals surface area contributed by atoms with Gasteiger partial charge in [-0.2, -0.15) is 0 Å². The summed E-state index contributed by atoms with van der Waals surface area (Å²) in [4.78, 5) is 27.0. The van der Waals surface area contributed by atoms with Gasteiger partial charge in [0.2, 0.25) is 11.8 Å². The van der Waals surface area contributed by atoms with Crippen LogP contribution in [-0.2, 0) is 16.1 Å². The van der Waals surface area contributed by atoms with E-state index in [2.05, 4.69) is 10.6 Å². The number of para-hydroxylation sites is 1. The number of nitrogens with one attached hydrogen (secondary N) is 2. The number of carbonyl (C=O) groups excluding carboxylic acids is 2. The lowest BCUT2D eigenvalue weighted by molar-refractivity contribution is -0.126. The largest absolute Gasteiger partial charge is 0.467 e. The predicted molar refractivity (Wildman–Crippen MR) is 117 cm³/mol. The molecule has 7 nitrogen and oxygen atoms in total. The molecule has 4 rings (SSSR count). The van der Waals surface area contributed by atoms with E-state index in [0.29, 0.717) is 23.7 Å². The average molecular weight is 419 g/mol. The van der Waals surface area contributed by atoms with Crippen LogP contribution in [0.3, 0.4) is 0 Å². The van der Waals surface area contributed by atoms with Gasteiger partial charge in [0.1, 0.15) is 17.3 Å². The van der Waals surface area contributed by atoms with E-state index in [1.807, 2.05) is 53.4 Å². The summed E-state index contributed by atoms with van der Waals surface area (Å²) in [6.07, 6.45) is 3.20. The van der Waals surface area contributed by atoms with Gasteiger partial charge in [-0.05, 0) is 67.9 Å². The van der Waals surface area contributed by atoms with Crippen molar-refractivity contribution in [1.82, 2.24) is 10.2 Å². The zero-order valence-electron chi connectivity index (χ0n) is 17.1. The minimum atomic E-state index is -0.303. The van der Waals surface area contributed by atoms with Gasteiger partial charge < -0.3 is 19.8 Å². The average Bonchev–Trinajstić information content (AvgIpc) is 3.46. The van der Waals surface area contributed by atoms with Gasteiger partial charge in [0, 0.05) is 5.69 Å². The van der Waals surface area contributed by atoms with E-state index in [9.17, 15) is 9.59 Å². The Morgan fingerprint density at radius 1 is 1.00 bits per heavy atom. The third kappa shape index (κ3) is 5.73. The molecule has 2 aromatic carbocycles. The number of likely N-dealkylation sites (tertiary alicyclic amines) is 1. The number of hydrogen-bond acceptors (Lipinski definition) is 5. The molecule has 2 amide bonds. The van der Waals surface area contributed by atoms with Crippen LogP contribution in [0.1, 0.15) is 18.6 Å². The summed E-state index contributed by atoms with van der Waals surface area (Å²) in [5, 5.41) is 5.78. The standard InChI is InChI=1S/C24H25N3O4/c28-23(26-18-10-12-20(13-11-18)31-19-6-2-1-3-7-19)17-27-14-4-9-22(27)24(29)25-16-21-8-5-15-30-21/h1-3,5-8,10-13,15,22H,4,9,14,16-17H2,(H,25,29)(H,26,28)/t22-/m1/s1. The number of furan rings is 1. The molecule has 7 heteroatoms. The number of nitrogens with zero attached hydrogens (tertiary/aromatic N) is 1. The highest BCUT2D eigenvalue weighted by molar-refractivity contribution is 5.93. The Bertz CT molecular complexity index is 987. The molecule has 0 saturated carbocycles. The summed E-state index contributed by atoms with van der Waals surface area (Å²) in [7, 11) is 0. The van der Waals surface area contributed by atoms with Gasteiger partial charge in [-0.15, -0.1) is 0 Å². The van der Waals surface area contributed by atoms with Crippen molar-refractivity contribution in [2.45, 2.75) is 25.4 Å². The van der Waals surface area contributed by atoms with Gasteiger partial charge in [-0.3, -0.25) is 14.5 Å².